The Morgan fingerprint density at radius 1 is 0.968 bits per heavy atom. The number of benzene rings is 2. The van der Waals surface area contributed by atoms with Crippen molar-refractivity contribution in [3.63, 3.8) is 0 Å². The molecule has 2 heterocycles. The van der Waals surface area contributed by atoms with Gasteiger partial charge < -0.3 is 10.1 Å². The Kier molecular flexibility index (Phi) is 8.14. The second kappa shape index (κ2) is 11.2. The lowest BCUT2D eigenvalue weighted by Gasteiger charge is -2.32. The van der Waals surface area contributed by atoms with Crippen LogP contribution in [0, 0.1) is 5.92 Å². The lowest BCUT2D eigenvalue weighted by Crippen LogP contribution is -2.42. The quantitative estimate of drug-likeness (QED) is 0.647. The molecule has 0 aliphatic carbocycles. The Balaban J connectivity index is 1.26. The van der Waals surface area contributed by atoms with E-state index in [1.54, 1.807) is 0 Å². The molecule has 0 radical (unpaired) electrons. The molecule has 166 valence electrons. The second-order valence-corrected chi connectivity index (χ2v) is 9.54. The number of carbonyl (C=O) groups excluding carboxylic acids is 1. The van der Waals surface area contributed by atoms with E-state index >= 15 is 0 Å². The van der Waals surface area contributed by atoms with E-state index in [9.17, 15) is 4.79 Å². The van der Waals surface area contributed by atoms with Crippen molar-refractivity contribution in [1.29, 1.82) is 0 Å². The molecule has 2 aromatic rings. The summed E-state index contributed by atoms with van der Waals surface area (Å²) < 4.78 is 6.53. The Morgan fingerprint density at radius 2 is 1.71 bits per heavy atom. The van der Waals surface area contributed by atoms with Crippen LogP contribution in [0.5, 0.6) is 0 Å². The number of likely N-dealkylation sites (tertiary alicyclic amines) is 1. The molecular weight excluding hydrogens is 454 g/mol. The van der Waals surface area contributed by atoms with E-state index < -0.39 is 0 Å². The first-order chi connectivity index (χ1) is 15.2. The van der Waals surface area contributed by atoms with E-state index in [0.29, 0.717) is 6.54 Å². The lowest BCUT2D eigenvalue weighted by atomic mass is 9.96. The van der Waals surface area contributed by atoms with Gasteiger partial charge in [-0.25, -0.2) is 0 Å². The van der Waals surface area contributed by atoms with E-state index in [-0.39, 0.29) is 11.8 Å². The van der Waals surface area contributed by atoms with E-state index in [4.69, 9.17) is 4.74 Å². The van der Waals surface area contributed by atoms with Gasteiger partial charge >= 0.3 is 0 Å². The molecule has 0 aromatic heterocycles. The van der Waals surface area contributed by atoms with Gasteiger partial charge in [-0.1, -0.05) is 52.3 Å². The summed E-state index contributed by atoms with van der Waals surface area (Å²) in [6.45, 7) is 7.94. The van der Waals surface area contributed by atoms with Gasteiger partial charge in [-0.05, 0) is 48.2 Å². The van der Waals surface area contributed by atoms with Gasteiger partial charge in [-0.3, -0.25) is 14.6 Å². The lowest BCUT2D eigenvalue weighted by molar-refractivity contribution is -0.126. The molecular formula is C25H32BrN3O2. The zero-order valence-corrected chi connectivity index (χ0v) is 19.6. The fraction of sp³-hybridized carbons (Fsp3) is 0.480. The average molecular weight is 486 g/mol. The smallest absolute Gasteiger partial charge is 0.224 e. The molecule has 2 aliphatic rings. The summed E-state index contributed by atoms with van der Waals surface area (Å²) in [5.74, 6) is 0.250. The first-order valence-electron chi connectivity index (χ1n) is 11.3. The van der Waals surface area contributed by atoms with Crippen LogP contribution >= 0.6 is 15.9 Å². The molecule has 0 bridgehead atoms. The number of halogens is 1. The Bertz CT molecular complexity index is 852. The van der Waals surface area contributed by atoms with Gasteiger partial charge in [0, 0.05) is 43.7 Å². The molecule has 31 heavy (non-hydrogen) atoms. The van der Waals surface area contributed by atoms with Gasteiger partial charge in [0.25, 0.3) is 0 Å². The number of hydrogen-bond acceptors (Lipinski definition) is 4. The summed E-state index contributed by atoms with van der Waals surface area (Å²) in [6, 6.07) is 17.0. The normalized spacial score (nSPS) is 20.5. The second-order valence-electron chi connectivity index (χ2n) is 8.63. The number of nitrogens with zero attached hydrogens (tertiary/aromatic N) is 2. The van der Waals surface area contributed by atoms with Gasteiger partial charge in [-0.2, -0.15) is 0 Å². The number of nitrogens with one attached hydrogen (secondary N) is 1. The van der Waals surface area contributed by atoms with Crippen LogP contribution in [-0.2, 0) is 29.2 Å². The molecule has 4 rings (SSSR count). The third-order valence-electron chi connectivity index (χ3n) is 6.16. The fourth-order valence-corrected chi connectivity index (χ4v) is 4.71. The van der Waals surface area contributed by atoms with Crippen molar-refractivity contribution in [2.75, 3.05) is 39.4 Å². The Labute approximate surface area is 193 Å². The van der Waals surface area contributed by atoms with Crippen LogP contribution < -0.4 is 5.32 Å². The maximum Gasteiger partial charge on any atom is 0.224 e. The van der Waals surface area contributed by atoms with Crippen LogP contribution in [0.4, 0.5) is 0 Å². The van der Waals surface area contributed by atoms with E-state index in [0.717, 1.165) is 69.8 Å². The summed E-state index contributed by atoms with van der Waals surface area (Å²) in [4.78, 5) is 17.7. The van der Waals surface area contributed by atoms with Crippen LogP contribution in [0.25, 0.3) is 0 Å². The van der Waals surface area contributed by atoms with E-state index in [1.165, 1.54) is 16.7 Å². The molecule has 0 saturated carbocycles. The van der Waals surface area contributed by atoms with E-state index in [1.807, 2.05) is 0 Å². The molecule has 2 aliphatic heterocycles. The number of amides is 1. The molecule has 2 fully saturated rings. The molecule has 1 unspecified atom stereocenters. The summed E-state index contributed by atoms with van der Waals surface area (Å²) in [5, 5.41) is 3.19. The minimum absolute atomic E-state index is 0.0701. The Morgan fingerprint density at radius 3 is 2.52 bits per heavy atom. The Hall–Kier alpha value is -1.73. The number of carbonyl (C=O) groups is 1. The van der Waals surface area contributed by atoms with Gasteiger partial charge in [0.15, 0.2) is 0 Å². The van der Waals surface area contributed by atoms with Crippen LogP contribution in [-0.4, -0.2) is 55.1 Å². The van der Waals surface area contributed by atoms with Crippen LogP contribution in [0.1, 0.15) is 29.5 Å². The predicted molar refractivity (Wildman–Crippen MR) is 127 cm³/mol. The van der Waals surface area contributed by atoms with E-state index in [2.05, 4.69) is 79.6 Å². The van der Waals surface area contributed by atoms with Gasteiger partial charge in [0.2, 0.25) is 5.91 Å². The number of piperidine rings is 1. The molecule has 2 saturated heterocycles. The third-order valence-corrected chi connectivity index (χ3v) is 6.69. The molecule has 1 N–H and O–H groups in total. The predicted octanol–water partition coefficient (Wildman–Crippen LogP) is 3.81. The van der Waals surface area contributed by atoms with Crippen molar-refractivity contribution in [2.45, 2.75) is 32.5 Å². The first-order valence-corrected chi connectivity index (χ1v) is 12.1. The van der Waals surface area contributed by atoms with Crippen molar-refractivity contribution in [2.24, 2.45) is 5.92 Å². The standard InChI is InChI=1S/C25H32BrN3O2/c26-24-8-6-20(7-9-24)17-29-10-2-5-23(19-29)25(30)27-16-21-3-1-4-22(15-21)18-28-11-13-31-14-12-28/h1,3-4,6-9,15,23H,2,5,10-14,16-19H2,(H,27,30). The molecule has 5 nitrogen and oxygen atoms in total. The summed E-state index contributed by atoms with van der Waals surface area (Å²) in [6.07, 6.45) is 2.05. The maximum absolute atomic E-state index is 12.8. The number of rotatable bonds is 7. The molecule has 1 atom stereocenters. The highest BCUT2D eigenvalue weighted by molar-refractivity contribution is 9.10. The van der Waals surface area contributed by atoms with Crippen LogP contribution in [0.3, 0.4) is 0 Å². The summed E-state index contributed by atoms with van der Waals surface area (Å²) in [7, 11) is 0. The van der Waals surface area contributed by atoms with Gasteiger partial charge in [-0.15, -0.1) is 0 Å². The fourth-order valence-electron chi connectivity index (χ4n) is 4.45. The zero-order valence-electron chi connectivity index (χ0n) is 18.1. The topological polar surface area (TPSA) is 44.8 Å². The van der Waals surface area contributed by atoms with Crippen molar-refractivity contribution in [3.05, 3.63) is 69.7 Å². The molecule has 0 spiro atoms. The minimum atomic E-state index is 0.0701. The number of morpholine rings is 1. The van der Waals surface area contributed by atoms with Crippen molar-refractivity contribution >= 4 is 21.8 Å². The zero-order chi connectivity index (χ0) is 21.5. The minimum Gasteiger partial charge on any atom is -0.379 e. The summed E-state index contributed by atoms with van der Waals surface area (Å²) in [5.41, 5.74) is 3.76. The van der Waals surface area contributed by atoms with Gasteiger partial charge in [0.1, 0.15) is 0 Å². The van der Waals surface area contributed by atoms with Crippen molar-refractivity contribution in [3.8, 4) is 0 Å². The highest BCUT2D eigenvalue weighted by Gasteiger charge is 2.25. The SMILES string of the molecule is O=C(NCc1cccc(CN2CCOCC2)c1)C1CCCN(Cc2ccc(Br)cc2)C1. The average Bonchev–Trinajstić information content (AvgIpc) is 2.80. The van der Waals surface area contributed by atoms with Crippen molar-refractivity contribution < 1.29 is 9.53 Å². The summed E-state index contributed by atoms with van der Waals surface area (Å²) >= 11 is 3.49. The molecule has 1 amide bonds. The third kappa shape index (κ3) is 6.88. The van der Waals surface area contributed by atoms with Crippen LogP contribution in [0.15, 0.2) is 53.0 Å². The highest BCUT2D eigenvalue weighted by Crippen LogP contribution is 2.20. The van der Waals surface area contributed by atoms with Crippen molar-refractivity contribution in [1.82, 2.24) is 15.1 Å². The molecule has 6 heteroatoms. The maximum atomic E-state index is 12.8. The largest absolute Gasteiger partial charge is 0.379 e. The molecule has 2 aromatic carbocycles. The number of ether oxygens (including phenoxy) is 1. The number of hydrogen-bond donors (Lipinski definition) is 1. The highest BCUT2D eigenvalue weighted by atomic mass is 79.9. The monoisotopic (exact) mass is 485 g/mol. The van der Waals surface area contributed by atoms with Gasteiger partial charge in [0.05, 0.1) is 19.1 Å². The van der Waals surface area contributed by atoms with Crippen LogP contribution in [0.2, 0.25) is 0 Å². The first kappa shape index (κ1) is 22.5.